The molecule has 1 aliphatic heterocycles. The molecule has 2 heterocycles. The van der Waals surface area contributed by atoms with E-state index in [4.69, 9.17) is 4.98 Å². The molecule has 0 saturated heterocycles. The van der Waals surface area contributed by atoms with Gasteiger partial charge in [-0.2, -0.15) is 0 Å². The molecule has 1 atom stereocenters. The Morgan fingerprint density at radius 2 is 1.68 bits per heavy atom. The van der Waals surface area contributed by atoms with Crippen molar-refractivity contribution in [3.05, 3.63) is 105 Å². The molecule has 0 fully saturated rings. The number of aromatic nitrogens is 1. The van der Waals surface area contributed by atoms with Gasteiger partial charge in [0.05, 0.1) is 12.2 Å². The lowest BCUT2D eigenvalue weighted by molar-refractivity contribution is -0.144. The molecule has 5 nitrogen and oxygen atoms in total. The minimum Gasteiger partial charge on any atom is -0.480 e. The highest BCUT2D eigenvalue weighted by molar-refractivity contribution is 7.09. The van der Waals surface area contributed by atoms with Crippen LogP contribution in [0.5, 0.6) is 0 Å². The van der Waals surface area contributed by atoms with Gasteiger partial charge in [-0.1, -0.05) is 88.4 Å². The SMILES string of the molecule is CCC(CC)N(Cc1ccc(-c2csc(CN3Cc4ccccc4CC3C(=O)O)n2)cc1)c1ccc(C(C)C)cc1. The van der Waals surface area contributed by atoms with Gasteiger partial charge in [-0.3, -0.25) is 9.69 Å². The smallest absolute Gasteiger partial charge is 0.321 e. The molecule has 5 rings (SSSR count). The maximum absolute atomic E-state index is 12.1. The quantitative estimate of drug-likeness (QED) is 0.198. The minimum absolute atomic E-state index is 0.483. The zero-order valence-electron chi connectivity index (χ0n) is 24.6. The normalized spacial score (nSPS) is 15.3. The van der Waals surface area contributed by atoms with Gasteiger partial charge in [-0.25, -0.2) is 4.98 Å². The second kappa shape index (κ2) is 13.0. The van der Waals surface area contributed by atoms with Crippen LogP contribution in [0.25, 0.3) is 11.3 Å². The summed E-state index contributed by atoms with van der Waals surface area (Å²) in [6, 6.07) is 25.9. The van der Waals surface area contributed by atoms with Gasteiger partial charge in [0.2, 0.25) is 0 Å². The zero-order valence-corrected chi connectivity index (χ0v) is 25.4. The second-order valence-corrected chi connectivity index (χ2v) is 12.3. The fourth-order valence-corrected chi connectivity index (χ4v) is 6.69. The lowest BCUT2D eigenvalue weighted by Gasteiger charge is -2.33. The van der Waals surface area contributed by atoms with E-state index < -0.39 is 12.0 Å². The van der Waals surface area contributed by atoms with E-state index in [-0.39, 0.29) is 0 Å². The number of thiazole rings is 1. The maximum atomic E-state index is 12.1. The van der Waals surface area contributed by atoms with Crippen LogP contribution >= 0.6 is 11.3 Å². The Morgan fingerprint density at radius 1 is 1.00 bits per heavy atom. The number of anilines is 1. The monoisotopic (exact) mass is 567 g/mol. The highest BCUT2D eigenvalue weighted by atomic mass is 32.1. The van der Waals surface area contributed by atoms with Gasteiger partial charge in [0.25, 0.3) is 0 Å². The minimum atomic E-state index is -0.773. The summed E-state index contributed by atoms with van der Waals surface area (Å²) in [5.74, 6) is -0.246. The van der Waals surface area contributed by atoms with E-state index in [0.717, 1.165) is 41.2 Å². The van der Waals surface area contributed by atoms with E-state index in [1.807, 2.05) is 23.1 Å². The molecule has 1 aliphatic rings. The summed E-state index contributed by atoms with van der Waals surface area (Å²) in [4.78, 5) is 21.5. The Kier molecular flexibility index (Phi) is 9.21. The molecule has 0 saturated carbocycles. The first-order valence-corrected chi connectivity index (χ1v) is 15.7. The lowest BCUT2D eigenvalue weighted by atomic mass is 9.94. The summed E-state index contributed by atoms with van der Waals surface area (Å²) in [5, 5.41) is 12.9. The van der Waals surface area contributed by atoms with Crippen molar-refractivity contribution in [1.82, 2.24) is 9.88 Å². The lowest BCUT2D eigenvalue weighted by Crippen LogP contribution is -2.44. The first-order chi connectivity index (χ1) is 19.9. The van der Waals surface area contributed by atoms with Gasteiger partial charge in [-0.15, -0.1) is 11.3 Å². The number of aliphatic carboxylic acids is 1. The van der Waals surface area contributed by atoms with Crippen molar-refractivity contribution in [1.29, 1.82) is 0 Å². The number of carbonyl (C=O) groups is 1. The van der Waals surface area contributed by atoms with Crippen molar-refractivity contribution in [3.8, 4) is 11.3 Å². The number of carboxylic acids is 1. The summed E-state index contributed by atoms with van der Waals surface area (Å²) in [6.07, 6.45) is 2.74. The number of benzene rings is 3. The Balaban J connectivity index is 1.29. The van der Waals surface area contributed by atoms with Crippen LogP contribution < -0.4 is 4.90 Å². The van der Waals surface area contributed by atoms with Crippen LogP contribution in [0, 0.1) is 0 Å². The molecule has 0 amide bonds. The number of carboxylic acid groups (broad SMARTS) is 1. The van der Waals surface area contributed by atoms with Crippen LogP contribution in [0.15, 0.2) is 78.2 Å². The van der Waals surface area contributed by atoms with E-state index in [9.17, 15) is 9.90 Å². The summed E-state index contributed by atoms with van der Waals surface area (Å²) >= 11 is 1.60. The van der Waals surface area contributed by atoms with Crippen molar-refractivity contribution in [2.24, 2.45) is 0 Å². The average molecular weight is 568 g/mol. The molecule has 3 aromatic carbocycles. The van der Waals surface area contributed by atoms with Crippen molar-refractivity contribution < 1.29 is 9.90 Å². The van der Waals surface area contributed by atoms with Crippen LogP contribution in [-0.4, -0.2) is 33.0 Å². The molecular formula is C35H41N3O2S. The van der Waals surface area contributed by atoms with Crippen LogP contribution in [-0.2, 0) is 30.8 Å². The van der Waals surface area contributed by atoms with Gasteiger partial charge in [0.15, 0.2) is 0 Å². The first-order valence-electron chi connectivity index (χ1n) is 14.8. The van der Waals surface area contributed by atoms with Gasteiger partial charge < -0.3 is 10.0 Å². The molecule has 0 aliphatic carbocycles. The number of rotatable bonds is 11. The number of fused-ring (bicyclic) bond motifs is 1. The fraction of sp³-hybridized carbons (Fsp3) is 0.371. The molecule has 4 aromatic rings. The second-order valence-electron chi connectivity index (χ2n) is 11.4. The number of nitrogens with zero attached hydrogens (tertiary/aromatic N) is 3. The summed E-state index contributed by atoms with van der Waals surface area (Å²) in [6.45, 7) is 11.0. The van der Waals surface area contributed by atoms with Gasteiger partial charge in [-0.05, 0) is 59.6 Å². The van der Waals surface area contributed by atoms with Crippen LogP contribution in [0.2, 0.25) is 0 Å². The maximum Gasteiger partial charge on any atom is 0.321 e. The molecule has 1 aromatic heterocycles. The predicted octanol–water partition coefficient (Wildman–Crippen LogP) is 8.14. The van der Waals surface area contributed by atoms with E-state index in [2.05, 4.69) is 92.6 Å². The van der Waals surface area contributed by atoms with Crippen LogP contribution in [0.1, 0.15) is 73.7 Å². The van der Waals surface area contributed by atoms with Crippen molar-refractivity contribution in [2.75, 3.05) is 4.90 Å². The standard InChI is InChI=1S/C35H41N3O2S/c1-5-30(6-2)38(31-17-15-26(16-18-31)24(3)4)20-25-11-13-27(14-12-25)32-23-41-34(36-32)22-37-21-29-10-8-7-9-28(29)19-33(37)35(39)40/h7-18,23-24,30,33H,5-6,19-22H2,1-4H3,(H,39,40). The summed E-state index contributed by atoms with van der Waals surface area (Å²) < 4.78 is 0. The Labute approximate surface area is 248 Å². The molecule has 0 spiro atoms. The van der Waals surface area contributed by atoms with E-state index in [1.54, 1.807) is 11.3 Å². The Bertz CT molecular complexity index is 1440. The molecule has 0 bridgehead atoms. The molecule has 6 heteroatoms. The van der Waals surface area contributed by atoms with Crippen molar-refractivity contribution >= 4 is 23.0 Å². The molecule has 1 N–H and O–H groups in total. The van der Waals surface area contributed by atoms with Gasteiger partial charge >= 0.3 is 5.97 Å². The molecular weight excluding hydrogens is 526 g/mol. The van der Waals surface area contributed by atoms with Gasteiger partial charge in [0.1, 0.15) is 11.0 Å². The van der Waals surface area contributed by atoms with Crippen LogP contribution in [0.3, 0.4) is 0 Å². The highest BCUT2D eigenvalue weighted by Gasteiger charge is 2.31. The van der Waals surface area contributed by atoms with Crippen LogP contribution in [0.4, 0.5) is 5.69 Å². The Hall–Kier alpha value is -3.48. The van der Waals surface area contributed by atoms with E-state index in [1.165, 1.54) is 22.4 Å². The zero-order chi connectivity index (χ0) is 28.9. The average Bonchev–Trinajstić information content (AvgIpc) is 3.45. The third-order valence-electron chi connectivity index (χ3n) is 8.40. The topological polar surface area (TPSA) is 56.7 Å². The summed E-state index contributed by atoms with van der Waals surface area (Å²) in [7, 11) is 0. The van der Waals surface area contributed by atoms with Crippen molar-refractivity contribution in [3.63, 3.8) is 0 Å². The van der Waals surface area contributed by atoms with E-state index >= 15 is 0 Å². The number of hydrogen-bond donors (Lipinski definition) is 1. The first kappa shape index (κ1) is 29.0. The fourth-order valence-electron chi connectivity index (χ4n) is 5.87. The predicted molar refractivity (Wildman–Crippen MR) is 169 cm³/mol. The van der Waals surface area contributed by atoms with E-state index in [0.29, 0.717) is 31.5 Å². The molecule has 0 radical (unpaired) electrons. The third-order valence-corrected chi connectivity index (χ3v) is 9.23. The molecule has 214 valence electrons. The third kappa shape index (κ3) is 6.71. The molecule has 1 unspecified atom stereocenters. The molecule has 41 heavy (non-hydrogen) atoms. The largest absolute Gasteiger partial charge is 0.480 e. The highest BCUT2D eigenvalue weighted by Crippen LogP contribution is 2.30. The number of hydrogen-bond acceptors (Lipinski definition) is 5. The summed E-state index contributed by atoms with van der Waals surface area (Å²) in [5.41, 5.74) is 8.29. The van der Waals surface area contributed by atoms with Gasteiger partial charge in [0, 0.05) is 35.8 Å². The Morgan fingerprint density at radius 3 is 2.32 bits per heavy atom. The van der Waals surface area contributed by atoms with Crippen molar-refractivity contribution in [2.45, 2.75) is 84.6 Å².